The van der Waals surface area contributed by atoms with Crippen molar-refractivity contribution in [1.82, 2.24) is 0 Å². The van der Waals surface area contributed by atoms with Gasteiger partial charge in [-0.1, -0.05) is 29.1 Å². The molecule has 12 heavy (non-hydrogen) atoms. The molecule has 1 unspecified atom stereocenters. The molecule has 0 heterocycles. The predicted octanol–water partition coefficient (Wildman–Crippen LogP) is 3.23. The summed E-state index contributed by atoms with van der Waals surface area (Å²) < 4.78 is -2.46. The molecule has 0 spiro atoms. The zero-order chi connectivity index (χ0) is 9.19. The molecular formula is C7H9OPS3. The standard InChI is InChI=1S/C7H9OPS3/c1-6-2-4-7(5-3-6)12-9(8,10)11/h2-5H,1H3,(H2,8,10,11). The zero-order valence-corrected chi connectivity index (χ0v) is 9.89. The summed E-state index contributed by atoms with van der Waals surface area (Å²) in [5.74, 6) is 0. The first kappa shape index (κ1) is 10.6. The summed E-state index contributed by atoms with van der Waals surface area (Å²) in [6.45, 7) is 2.02. The van der Waals surface area contributed by atoms with Gasteiger partial charge in [-0.15, -0.1) is 12.2 Å². The molecule has 1 aromatic rings. The summed E-state index contributed by atoms with van der Waals surface area (Å²) in [6.07, 6.45) is 0. The van der Waals surface area contributed by atoms with E-state index in [1.807, 2.05) is 31.2 Å². The van der Waals surface area contributed by atoms with Crippen molar-refractivity contribution in [1.29, 1.82) is 0 Å². The maximum Gasteiger partial charge on any atom is 0.173 e. The van der Waals surface area contributed by atoms with Crippen molar-refractivity contribution in [2.24, 2.45) is 0 Å². The van der Waals surface area contributed by atoms with Crippen molar-refractivity contribution in [2.45, 2.75) is 11.8 Å². The van der Waals surface area contributed by atoms with Gasteiger partial charge in [0.15, 0.2) is 4.67 Å². The Hall–Kier alpha value is 0.530. The minimum atomic E-state index is -2.46. The molecule has 0 aliphatic carbocycles. The number of aryl methyl sites for hydroxylation is 1. The molecular weight excluding hydrogens is 227 g/mol. The Morgan fingerprint density at radius 3 is 2.33 bits per heavy atom. The van der Waals surface area contributed by atoms with Crippen LogP contribution in [0.3, 0.4) is 0 Å². The van der Waals surface area contributed by atoms with Gasteiger partial charge in [0.05, 0.1) is 0 Å². The molecule has 1 N–H and O–H groups in total. The third-order valence-corrected chi connectivity index (χ3v) is 4.72. The Kier molecular flexibility index (Phi) is 3.68. The Morgan fingerprint density at radius 2 is 1.92 bits per heavy atom. The Labute approximate surface area is 86.6 Å². The second-order valence-electron chi connectivity index (χ2n) is 2.39. The van der Waals surface area contributed by atoms with Crippen LogP contribution >= 0.6 is 28.3 Å². The van der Waals surface area contributed by atoms with Crippen LogP contribution in [0.25, 0.3) is 0 Å². The first-order valence-electron chi connectivity index (χ1n) is 3.29. The van der Waals surface area contributed by atoms with E-state index in [0.717, 1.165) is 4.90 Å². The summed E-state index contributed by atoms with van der Waals surface area (Å²) >= 11 is 9.99. The minimum absolute atomic E-state index is 0.974. The van der Waals surface area contributed by atoms with E-state index in [2.05, 4.69) is 12.2 Å². The van der Waals surface area contributed by atoms with Crippen LogP contribution in [0.2, 0.25) is 0 Å². The van der Waals surface area contributed by atoms with Crippen LogP contribution in [0.1, 0.15) is 5.56 Å². The predicted molar refractivity (Wildman–Crippen MR) is 62.5 cm³/mol. The molecule has 0 aliphatic heterocycles. The first-order valence-corrected chi connectivity index (χ1v) is 8.62. The van der Waals surface area contributed by atoms with E-state index in [9.17, 15) is 4.89 Å². The van der Waals surface area contributed by atoms with Crippen LogP contribution in [-0.2, 0) is 11.8 Å². The van der Waals surface area contributed by atoms with E-state index in [-0.39, 0.29) is 0 Å². The lowest BCUT2D eigenvalue weighted by Crippen LogP contribution is -1.71. The van der Waals surface area contributed by atoms with Crippen LogP contribution in [0.15, 0.2) is 29.2 Å². The van der Waals surface area contributed by atoms with E-state index >= 15 is 0 Å². The maximum absolute atomic E-state index is 9.29. The van der Waals surface area contributed by atoms with Crippen molar-refractivity contribution in [3.63, 3.8) is 0 Å². The molecule has 5 heteroatoms. The molecule has 1 aromatic carbocycles. The second-order valence-corrected chi connectivity index (χ2v) is 11.8. The van der Waals surface area contributed by atoms with Crippen molar-refractivity contribution < 1.29 is 4.89 Å². The molecule has 1 atom stereocenters. The summed E-state index contributed by atoms with van der Waals surface area (Å²) in [7, 11) is 0. The lowest BCUT2D eigenvalue weighted by molar-refractivity contribution is 0.654. The smallest absolute Gasteiger partial charge is 0.173 e. The van der Waals surface area contributed by atoms with Crippen molar-refractivity contribution >= 4 is 40.1 Å². The third kappa shape index (κ3) is 3.97. The lowest BCUT2D eigenvalue weighted by Gasteiger charge is -2.06. The third-order valence-electron chi connectivity index (χ3n) is 1.25. The summed E-state index contributed by atoms with van der Waals surface area (Å²) in [5, 5.41) is 0. The van der Waals surface area contributed by atoms with Gasteiger partial charge in [-0.25, -0.2) is 0 Å². The van der Waals surface area contributed by atoms with Crippen LogP contribution in [0.4, 0.5) is 0 Å². The largest absolute Gasteiger partial charge is 0.350 e. The van der Waals surface area contributed by atoms with Crippen molar-refractivity contribution in [3.8, 4) is 0 Å². The van der Waals surface area contributed by atoms with Gasteiger partial charge >= 0.3 is 0 Å². The Bertz CT molecular complexity index is 303. The molecule has 1 nitrogen and oxygen atoms in total. The van der Waals surface area contributed by atoms with Gasteiger partial charge < -0.3 is 4.89 Å². The topological polar surface area (TPSA) is 20.2 Å². The monoisotopic (exact) mass is 236 g/mol. The lowest BCUT2D eigenvalue weighted by atomic mass is 10.2. The fourth-order valence-electron chi connectivity index (χ4n) is 0.736. The normalized spacial score (nSPS) is 15.6. The van der Waals surface area contributed by atoms with Crippen LogP contribution in [0.5, 0.6) is 0 Å². The van der Waals surface area contributed by atoms with Gasteiger partial charge in [-0.05, 0) is 30.9 Å². The molecule has 0 bridgehead atoms. The van der Waals surface area contributed by atoms with E-state index in [4.69, 9.17) is 11.8 Å². The first-order chi connectivity index (χ1) is 5.47. The highest BCUT2D eigenvalue weighted by Gasteiger charge is 2.07. The Balaban J connectivity index is 2.78. The summed E-state index contributed by atoms with van der Waals surface area (Å²) in [6, 6.07) is 7.85. The van der Waals surface area contributed by atoms with E-state index in [1.54, 1.807) is 0 Å². The van der Waals surface area contributed by atoms with Crippen LogP contribution < -0.4 is 0 Å². The average molecular weight is 236 g/mol. The number of thiol groups is 1. The van der Waals surface area contributed by atoms with Gasteiger partial charge in [0.2, 0.25) is 0 Å². The minimum Gasteiger partial charge on any atom is -0.350 e. The highest BCUT2D eigenvalue weighted by molar-refractivity contribution is 8.94. The average Bonchev–Trinajstić information content (AvgIpc) is 1.91. The SMILES string of the molecule is Cc1ccc(SP(O)(=S)S)cc1. The van der Waals surface area contributed by atoms with Crippen molar-refractivity contribution in [2.75, 3.05) is 0 Å². The number of rotatable bonds is 2. The maximum atomic E-state index is 9.29. The van der Waals surface area contributed by atoms with Gasteiger partial charge in [-0.3, -0.25) is 0 Å². The van der Waals surface area contributed by atoms with Crippen molar-refractivity contribution in [3.05, 3.63) is 29.8 Å². The van der Waals surface area contributed by atoms with E-state index < -0.39 is 4.67 Å². The second kappa shape index (κ2) is 4.16. The van der Waals surface area contributed by atoms with Crippen LogP contribution in [0, 0.1) is 6.92 Å². The van der Waals surface area contributed by atoms with Crippen LogP contribution in [-0.4, -0.2) is 4.89 Å². The summed E-state index contributed by atoms with van der Waals surface area (Å²) in [5.41, 5.74) is 1.20. The molecule has 0 aromatic heterocycles. The number of hydrogen-bond donors (Lipinski definition) is 2. The molecule has 0 saturated heterocycles. The van der Waals surface area contributed by atoms with Gasteiger partial charge in [0, 0.05) is 4.90 Å². The van der Waals surface area contributed by atoms with E-state index in [0.29, 0.717) is 0 Å². The molecule has 0 radical (unpaired) electrons. The fraction of sp³-hybridized carbons (Fsp3) is 0.143. The summed E-state index contributed by atoms with van der Waals surface area (Å²) in [4.78, 5) is 10.3. The zero-order valence-electron chi connectivity index (χ0n) is 6.47. The fourth-order valence-corrected chi connectivity index (χ4v) is 4.08. The van der Waals surface area contributed by atoms with Gasteiger partial charge in [0.1, 0.15) is 0 Å². The highest BCUT2D eigenvalue weighted by atomic mass is 33.2. The number of hydrogen-bond acceptors (Lipinski definition) is 2. The quantitative estimate of drug-likeness (QED) is 0.607. The van der Waals surface area contributed by atoms with E-state index in [1.165, 1.54) is 16.9 Å². The number of benzene rings is 1. The highest BCUT2D eigenvalue weighted by Crippen LogP contribution is 2.62. The van der Waals surface area contributed by atoms with Gasteiger partial charge in [0.25, 0.3) is 0 Å². The molecule has 66 valence electrons. The molecule has 1 rings (SSSR count). The van der Waals surface area contributed by atoms with Gasteiger partial charge in [-0.2, -0.15) is 0 Å². The molecule has 0 fully saturated rings. The molecule has 0 aliphatic rings. The molecule has 0 saturated carbocycles. The Morgan fingerprint density at radius 1 is 1.42 bits per heavy atom. The molecule has 0 amide bonds.